The van der Waals surface area contributed by atoms with E-state index in [1.54, 1.807) is 13.0 Å². The van der Waals surface area contributed by atoms with E-state index in [1.807, 2.05) is 55.5 Å². The third-order valence-corrected chi connectivity index (χ3v) is 4.51. The van der Waals surface area contributed by atoms with Crippen molar-refractivity contribution in [2.24, 2.45) is 0 Å². The van der Waals surface area contributed by atoms with E-state index in [-0.39, 0.29) is 5.91 Å². The lowest BCUT2D eigenvalue weighted by Gasteiger charge is -2.17. The molecule has 4 nitrogen and oxygen atoms in total. The molecular weight excluding hydrogens is 338 g/mol. The van der Waals surface area contributed by atoms with Gasteiger partial charge in [-0.1, -0.05) is 61.9 Å². The van der Waals surface area contributed by atoms with E-state index >= 15 is 0 Å². The van der Waals surface area contributed by atoms with Gasteiger partial charge in [-0.3, -0.25) is 4.79 Å². The Kier molecular flexibility index (Phi) is 7.35. The van der Waals surface area contributed by atoms with Gasteiger partial charge in [0.15, 0.2) is 6.10 Å². The Bertz CT molecular complexity index is 809. The minimum atomic E-state index is -0.884. The molecule has 142 valence electrons. The third-order valence-electron chi connectivity index (χ3n) is 4.51. The van der Waals surface area contributed by atoms with Crippen LogP contribution in [0.1, 0.15) is 49.8 Å². The highest BCUT2D eigenvalue weighted by molar-refractivity contribution is 5.97. The molecule has 0 bridgehead atoms. The van der Waals surface area contributed by atoms with Crippen molar-refractivity contribution in [2.45, 2.75) is 46.1 Å². The SMILES string of the molecule is CC[C@H](C)c1ccccc1NC(=O)[C@H](C)OC(=O)/C=C/c1ccc(C)cc1. The van der Waals surface area contributed by atoms with Crippen molar-refractivity contribution in [3.05, 3.63) is 71.3 Å². The monoisotopic (exact) mass is 365 g/mol. The molecule has 4 heteroatoms. The molecule has 2 aromatic carbocycles. The first-order valence-corrected chi connectivity index (χ1v) is 9.25. The molecule has 0 saturated carbocycles. The molecule has 0 spiro atoms. The quantitative estimate of drug-likeness (QED) is 0.549. The summed E-state index contributed by atoms with van der Waals surface area (Å²) < 4.78 is 5.22. The fraction of sp³-hybridized carbons (Fsp3) is 0.304. The Balaban J connectivity index is 1.95. The van der Waals surface area contributed by atoms with Crippen molar-refractivity contribution in [3.63, 3.8) is 0 Å². The Morgan fingerprint density at radius 2 is 1.74 bits per heavy atom. The number of esters is 1. The summed E-state index contributed by atoms with van der Waals surface area (Å²) in [5.41, 5.74) is 3.89. The summed E-state index contributed by atoms with van der Waals surface area (Å²) in [6, 6.07) is 15.5. The van der Waals surface area contributed by atoms with Crippen LogP contribution in [0.3, 0.4) is 0 Å². The van der Waals surface area contributed by atoms with Crippen molar-refractivity contribution in [2.75, 3.05) is 5.32 Å². The highest BCUT2D eigenvalue weighted by atomic mass is 16.5. The number of aryl methyl sites for hydroxylation is 1. The zero-order valence-corrected chi connectivity index (χ0v) is 16.4. The summed E-state index contributed by atoms with van der Waals surface area (Å²) in [5, 5.41) is 2.87. The van der Waals surface area contributed by atoms with Crippen LogP contribution in [0.15, 0.2) is 54.6 Å². The average Bonchev–Trinajstić information content (AvgIpc) is 2.67. The molecule has 0 aliphatic heterocycles. The lowest BCUT2D eigenvalue weighted by Crippen LogP contribution is -2.29. The first-order chi connectivity index (χ1) is 12.9. The van der Waals surface area contributed by atoms with Gasteiger partial charge in [0, 0.05) is 11.8 Å². The van der Waals surface area contributed by atoms with Gasteiger partial charge in [-0.15, -0.1) is 0 Å². The van der Waals surface area contributed by atoms with Gasteiger partial charge in [0.1, 0.15) is 0 Å². The number of anilines is 1. The van der Waals surface area contributed by atoms with E-state index in [0.29, 0.717) is 5.92 Å². The fourth-order valence-electron chi connectivity index (χ4n) is 2.60. The minimum absolute atomic E-state index is 0.330. The van der Waals surface area contributed by atoms with Crippen molar-refractivity contribution < 1.29 is 14.3 Å². The largest absolute Gasteiger partial charge is 0.449 e. The number of carbonyl (C=O) groups is 2. The molecule has 0 aromatic heterocycles. The van der Waals surface area contributed by atoms with Gasteiger partial charge in [0.05, 0.1) is 0 Å². The molecule has 0 fully saturated rings. The first kappa shape index (κ1) is 20.4. The van der Waals surface area contributed by atoms with Crippen molar-refractivity contribution in [1.29, 1.82) is 0 Å². The van der Waals surface area contributed by atoms with Gasteiger partial charge in [0.2, 0.25) is 0 Å². The van der Waals surface area contributed by atoms with Crippen LogP contribution < -0.4 is 5.32 Å². The van der Waals surface area contributed by atoms with Crippen LogP contribution in [-0.4, -0.2) is 18.0 Å². The van der Waals surface area contributed by atoms with Crippen LogP contribution in [0, 0.1) is 6.92 Å². The maximum absolute atomic E-state index is 12.4. The van der Waals surface area contributed by atoms with E-state index in [4.69, 9.17) is 4.74 Å². The summed E-state index contributed by atoms with van der Waals surface area (Å²) in [4.78, 5) is 24.4. The van der Waals surface area contributed by atoms with E-state index < -0.39 is 12.1 Å². The topological polar surface area (TPSA) is 55.4 Å². The van der Waals surface area contributed by atoms with Crippen LogP contribution in [0.25, 0.3) is 6.08 Å². The Morgan fingerprint density at radius 1 is 1.07 bits per heavy atom. The number of ether oxygens (including phenoxy) is 1. The van der Waals surface area contributed by atoms with Gasteiger partial charge < -0.3 is 10.1 Å². The Hall–Kier alpha value is -2.88. The van der Waals surface area contributed by atoms with Gasteiger partial charge in [-0.05, 0) is 49.5 Å². The zero-order valence-electron chi connectivity index (χ0n) is 16.4. The summed E-state index contributed by atoms with van der Waals surface area (Å²) in [6.45, 7) is 7.79. The maximum atomic E-state index is 12.4. The lowest BCUT2D eigenvalue weighted by molar-refractivity contribution is -0.148. The number of para-hydroxylation sites is 1. The Labute approximate surface area is 161 Å². The number of hydrogen-bond acceptors (Lipinski definition) is 3. The van der Waals surface area contributed by atoms with Crippen LogP contribution >= 0.6 is 0 Å². The molecule has 27 heavy (non-hydrogen) atoms. The molecule has 2 aromatic rings. The van der Waals surface area contributed by atoms with Gasteiger partial charge in [-0.25, -0.2) is 4.79 Å². The van der Waals surface area contributed by atoms with Crippen molar-refractivity contribution in [1.82, 2.24) is 0 Å². The van der Waals surface area contributed by atoms with Crippen LogP contribution in [0.2, 0.25) is 0 Å². The summed E-state index contributed by atoms with van der Waals surface area (Å²) in [6.07, 6.45) is 3.10. The molecule has 2 atom stereocenters. The summed E-state index contributed by atoms with van der Waals surface area (Å²) >= 11 is 0. The van der Waals surface area contributed by atoms with E-state index in [1.165, 1.54) is 6.08 Å². The standard InChI is InChI=1S/C23H27NO3/c1-5-17(3)20-8-6-7-9-21(20)24-23(26)18(4)27-22(25)15-14-19-12-10-16(2)11-13-19/h6-15,17-18H,5H2,1-4H3,(H,24,26)/b15-14+/t17-,18-/m0/s1. The number of amides is 1. The van der Waals surface area contributed by atoms with E-state index in [9.17, 15) is 9.59 Å². The maximum Gasteiger partial charge on any atom is 0.331 e. The predicted octanol–water partition coefficient (Wildman–Crippen LogP) is 5.09. The molecule has 0 heterocycles. The van der Waals surface area contributed by atoms with Crippen LogP contribution in [0.5, 0.6) is 0 Å². The predicted molar refractivity (Wildman–Crippen MR) is 110 cm³/mol. The smallest absolute Gasteiger partial charge is 0.331 e. The zero-order chi connectivity index (χ0) is 19.8. The number of benzene rings is 2. The van der Waals surface area contributed by atoms with Crippen LogP contribution in [0.4, 0.5) is 5.69 Å². The second-order valence-electron chi connectivity index (χ2n) is 6.71. The molecule has 0 unspecified atom stereocenters. The van der Waals surface area contributed by atoms with Crippen LogP contribution in [-0.2, 0) is 14.3 Å². The van der Waals surface area contributed by atoms with E-state index in [0.717, 1.165) is 28.8 Å². The fourth-order valence-corrected chi connectivity index (χ4v) is 2.60. The second-order valence-corrected chi connectivity index (χ2v) is 6.71. The molecule has 1 N–H and O–H groups in total. The van der Waals surface area contributed by atoms with Gasteiger partial charge in [0.25, 0.3) is 5.91 Å². The number of carbonyl (C=O) groups excluding carboxylic acids is 2. The molecular formula is C23H27NO3. The summed E-state index contributed by atoms with van der Waals surface area (Å²) in [7, 11) is 0. The molecule has 0 radical (unpaired) electrons. The molecule has 0 aliphatic rings. The first-order valence-electron chi connectivity index (χ1n) is 9.25. The number of rotatable bonds is 7. The normalized spacial score (nSPS) is 13.2. The average molecular weight is 365 g/mol. The molecule has 0 aliphatic carbocycles. The molecule has 1 amide bonds. The van der Waals surface area contributed by atoms with E-state index in [2.05, 4.69) is 19.2 Å². The number of nitrogens with one attached hydrogen (secondary N) is 1. The molecule has 2 rings (SSSR count). The minimum Gasteiger partial charge on any atom is -0.449 e. The van der Waals surface area contributed by atoms with Gasteiger partial charge >= 0.3 is 5.97 Å². The highest BCUT2D eigenvalue weighted by Gasteiger charge is 2.18. The number of hydrogen-bond donors (Lipinski definition) is 1. The summed E-state index contributed by atoms with van der Waals surface area (Å²) in [5.74, 6) is -0.562. The highest BCUT2D eigenvalue weighted by Crippen LogP contribution is 2.26. The molecule has 0 saturated heterocycles. The Morgan fingerprint density at radius 3 is 2.41 bits per heavy atom. The lowest BCUT2D eigenvalue weighted by atomic mass is 9.97. The van der Waals surface area contributed by atoms with Crippen molar-refractivity contribution in [3.8, 4) is 0 Å². The van der Waals surface area contributed by atoms with Gasteiger partial charge in [-0.2, -0.15) is 0 Å². The second kappa shape index (κ2) is 9.72. The van der Waals surface area contributed by atoms with Crippen molar-refractivity contribution >= 4 is 23.6 Å². The third kappa shape index (κ3) is 6.10.